The largest absolute Gasteiger partial charge is 0.573 e. The molecule has 2 aromatic heterocycles. The number of piperidine rings is 2. The van der Waals surface area contributed by atoms with E-state index in [1.54, 1.807) is 6.92 Å². The smallest absolute Gasteiger partial charge is 0.406 e. The lowest BCUT2D eigenvalue weighted by Crippen LogP contribution is -2.61. The van der Waals surface area contributed by atoms with Gasteiger partial charge in [0, 0.05) is 69.3 Å². The summed E-state index contributed by atoms with van der Waals surface area (Å²) in [6.45, 7) is 6.76. The number of nitrogens with zero attached hydrogens (tertiary/aromatic N) is 6. The van der Waals surface area contributed by atoms with Gasteiger partial charge in [-0.15, -0.1) is 13.2 Å². The summed E-state index contributed by atoms with van der Waals surface area (Å²) in [5.74, 6) is 2.14. The van der Waals surface area contributed by atoms with E-state index >= 15 is 0 Å². The van der Waals surface area contributed by atoms with E-state index in [0.717, 1.165) is 82.7 Å². The topological polar surface area (TPSA) is 86.7 Å². The van der Waals surface area contributed by atoms with E-state index < -0.39 is 6.36 Å². The third-order valence-electron chi connectivity index (χ3n) is 7.59. The molecule has 0 saturated carbocycles. The molecule has 5 heterocycles. The molecule has 3 aliphatic heterocycles. The molecule has 0 aliphatic carbocycles. The lowest BCUT2D eigenvalue weighted by Gasteiger charge is -2.54. The number of hydrogen-bond acceptors (Lipinski definition) is 8. The molecule has 1 N–H and O–H groups in total. The number of anilines is 3. The molecule has 3 aliphatic rings. The summed E-state index contributed by atoms with van der Waals surface area (Å²) < 4.78 is 42.1. The fourth-order valence-electron chi connectivity index (χ4n) is 5.58. The van der Waals surface area contributed by atoms with Crippen molar-refractivity contribution in [3.8, 4) is 5.75 Å². The maximum atomic E-state index is 12.7. The van der Waals surface area contributed by atoms with Gasteiger partial charge in [-0.25, -0.2) is 15.0 Å². The van der Waals surface area contributed by atoms with Crippen LogP contribution < -0.4 is 15.0 Å². The highest BCUT2D eigenvalue weighted by Crippen LogP contribution is 2.43. The first-order chi connectivity index (χ1) is 17.6. The molecule has 0 radical (unpaired) electrons. The predicted molar refractivity (Wildman–Crippen MR) is 132 cm³/mol. The van der Waals surface area contributed by atoms with E-state index in [0.29, 0.717) is 5.82 Å². The first kappa shape index (κ1) is 25.5. The highest BCUT2D eigenvalue weighted by atomic mass is 19.4. The molecule has 9 nitrogen and oxygen atoms in total. The number of nitrogens with one attached hydrogen (secondary N) is 1. The summed E-state index contributed by atoms with van der Waals surface area (Å²) in [5.41, 5.74) is 0.181. The zero-order valence-corrected chi connectivity index (χ0v) is 21.1. The molecular weight excluding hydrogens is 487 g/mol. The molecule has 0 bridgehead atoms. The Morgan fingerprint density at radius 3 is 2.57 bits per heavy atom. The first-order valence-electron chi connectivity index (χ1n) is 12.6. The maximum absolute atomic E-state index is 12.7. The van der Waals surface area contributed by atoms with Gasteiger partial charge in [0.25, 0.3) is 0 Å². The van der Waals surface area contributed by atoms with Crippen LogP contribution in [0.25, 0.3) is 0 Å². The molecule has 1 spiro atoms. The van der Waals surface area contributed by atoms with Crippen molar-refractivity contribution in [2.45, 2.75) is 44.9 Å². The lowest BCUT2D eigenvalue weighted by atomic mass is 9.72. The van der Waals surface area contributed by atoms with Crippen molar-refractivity contribution < 1.29 is 22.7 Å². The Hall–Kier alpha value is -3.15. The van der Waals surface area contributed by atoms with Crippen LogP contribution in [-0.2, 0) is 4.79 Å². The van der Waals surface area contributed by atoms with E-state index in [9.17, 15) is 18.0 Å². The van der Waals surface area contributed by atoms with E-state index in [-0.39, 0.29) is 28.8 Å². The number of carbonyl (C=O) groups is 1. The van der Waals surface area contributed by atoms with Gasteiger partial charge in [0.15, 0.2) is 0 Å². The summed E-state index contributed by atoms with van der Waals surface area (Å²) in [7, 11) is 2.08. The molecule has 1 unspecified atom stereocenters. The van der Waals surface area contributed by atoms with Crippen LogP contribution >= 0.6 is 0 Å². The number of hydrogen-bond donors (Lipinski definition) is 1. The standard InChI is InChI=1S/C25H32F3N7O2/c1-17(36)34-10-6-24(7-11-34)15-35(16-24)22-13-21(31-23(32-22)18-4-3-9-33(2)14-18)30-20-12-19(5-8-29-20)37-25(26,27)28/h5,8,12-13,18H,3-4,6-7,9-11,14-16H2,1-2H3,(H,29,30,31,32). The van der Waals surface area contributed by atoms with Crippen molar-refractivity contribution in [3.63, 3.8) is 0 Å². The van der Waals surface area contributed by atoms with Gasteiger partial charge in [-0.3, -0.25) is 4.79 Å². The average molecular weight is 520 g/mol. The van der Waals surface area contributed by atoms with Gasteiger partial charge in [0.05, 0.1) is 0 Å². The molecule has 200 valence electrons. The number of amides is 1. The van der Waals surface area contributed by atoms with Crippen LogP contribution in [0.1, 0.15) is 44.3 Å². The average Bonchev–Trinajstić information content (AvgIpc) is 2.81. The Balaban J connectivity index is 1.36. The summed E-state index contributed by atoms with van der Waals surface area (Å²) in [6.07, 6.45) is 0.440. The highest BCUT2D eigenvalue weighted by molar-refractivity contribution is 5.73. The van der Waals surface area contributed by atoms with Crippen LogP contribution in [0.2, 0.25) is 0 Å². The van der Waals surface area contributed by atoms with Crippen molar-refractivity contribution in [1.82, 2.24) is 24.8 Å². The van der Waals surface area contributed by atoms with Crippen molar-refractivity contribution in [2.24, 2.45) is 5.41 Å². The summed E-state index contributed by atoms with van der Waals surface area (Å²) >= 11 is 0. The number of likely N-dealkylation sites (tertiary alicyclic amines) is 2. The fourth-order valence-corrected chi connectivity index (χ4v) is 5.58. The molecule has 5 rings (SSSR count). The van der Waals surface area contributed by atoms with Crippen molar-refractivity contribution in [1.29, 1.82) is 0 Å². The van der Waals surface area contributed by atoms with Crippen LogP contribution in [0.3, 0.4) is 0 Å². The van der Waals surface area contributed by atoms with Crippen LogP contribution in [0, 0.1) is 5.41 Å². The zero-order chi connectivity index (χ0) is 26.2. The van der Waals surface area contributed by atoms with Gasteiger partial charge in [0.2, 0.25) is 5.91 Å². The van der Waals surface area contributed by atoms with Gasteiger partial charge < -0.3 is 24.8 Å². The molecule has 37 heavy (non-hydrogen) atoms. The molecule has 0 aromatic carbocycles. The molecule has 3 fully saturated rings. The highest BCUT2D eigenvalue weighted by Gasteiger charge is 2.46. The summed E-state index contributed by atoms with van der Waals surface area (Å²) in [6, 6.07) is 4.18. The van der Waals surface area contributed by atoms with Crippen molar-refractivity contribution >= 4 is 23.4 Å². The number of halogens is 3. The number of ether oxygens (including phenoxy) is 1. The number of alkyl halides is 3. The lowest BCUT2D eigenvalue weighted by molar-refractivity contribution is -0.274. The van der Waals surface area contributed by atoms with Gasteiger partial charge in [-0.1, -0.05) is 0 Å². The van der Waals surface area contributed by atoms with Crippen molar-refractivity contribution in [2.75, 3.05) is 56.5 Å². The Morgan fingerprint density at radius 2 is 1.89 bits per heavy atom. The monoisotopic (exact) mass is 519 g/mol. The summed E-state index contributed by atoms with van der Waals surface area (Å²) in [5, 5.41) is 3.06. The first-order valence-corrected chi connectivity index (χ1v) is 12.6. The summed E-state index contributed by atoms with van der Waals surface area (Å²) in [4.78, 5) is 31.9. The van der Waals surface area contributed by atoms with Crippen LogP contribution in [0.4, 0.5) is 30.6 Å². The minimum absolute atomic E-state index is 0.123. The second kappa shape index (κ2) is 9.96. The van der Waals surface area contributed by atoms with E-state index in [1.807, 2.05) is 11.0 Å². The van der Waals surface area contributed by atoms with E-state index in [1.165, 1.54) is 12.3 Å². The van der Waals surface area contributed by atoms with Gasteiger partial charge >= 0.3 is 6.36 Å². The quantitative estimate of drug-likeness (QED) is 0.639. The molecule has 3 saturated heterocycles. The molecule has 1 amide bonds. The number of carbonyl (C=O) groups excluding carboxylic acids is 1. The molecule has 2 aromatic rings. The third-order valence-corrected chi connectivity index (χ3v) is 7.59. The second-order valence-electron chi connectivity index (χ2n) is 10.5. The minimum atomic E-state index is -4.78. The Kier molecular flexibility index (Phi) is 6.86. The third kappa shape index (κ3) is 6.06. The van der Waals surface area contributed by atoms with Gasteiger partial charge in [-0.2, -0.15) is 0 Å². The number of rotatable bonds is 5. The Morgan fingerprint density at radius 1 is 1.14 bits per heavy atom. The number of aromatic nitrogens is 3. The molecule has 1 atom stereocenters. The Labute approximate surface area is 214 Å². The normalized spacial score (nSPS) is 22.0. The van der Waals surface area contributed by atoms with Gasteiger partial charge in [-0.05, 0) is 45.3 Å². The second-order valence-corrected chi connectivity index (χ2v) is 10.5. The van der Waals surface area contributed by atoms with Crippen molar-refractivity contribution in [3.05, 3.63) is 30.2 Å². The SMILES string of the molecule is CC(=O)N1CCC2(CC1)CN(c1cc(Nc3cc(OC(F)(F)F)ccn3)nc(C3CCCN(C)C3)n1)C2. The van der Waals surface area contributed by atoms with Crippen LogP contribution in [0.5, 0.6) is 5.75 Å². The van der Waals surface area contributed by atoms with E-state index in [2.05, 4.69) is 31.9 Å². The number of likely N-dealkylation sites (N-methyl/N-ethyl adjacent to an activating group) is 1. The maximum Gasteiger partial charge on any atom is 0.573 e. The van der Waals surface area contributed by atoms with Crippen LogP contribution in [0.15, 0.2) is 24.4 Å². The fraction of sp³-hybridized carbons (Fsp3) is 0.600. The minimum Gasteiger partial charge on any atom is -0.406 e. The molecule has 12 heteroatoms. The molecular formula is C25H32F3N7O2. The predicted octanol–water partition coefficient (Wildman–Crippen LogP) is 3.77. The zero-order valence-electron chi connectivity index (χ0n) is 21.1. The van der Waals surface area contributed by atoms with Gasteiger partial charge in [0.1, 0.15) is 29.0 Å². The Bertz CT molecular complexity index is 1130. The van der Waals surface area contributed by atoms with E-state index in [4.69, 9.17) is 9.97 Å². The number of pyridine rings is 1. The van der Waals surface area contributed by atoms with Crippen LogP contribution in [-0.4, -0.2) is 83.3 Å².